The molecule has 1 unspecified atom stereocenters. The summed E-state index contributed by atoms with van der Waals surface area (Å²) in [5, 5.41) is 12.5. The summed E-state index contributed by atoms with van der Waals surface area (Å²) in [6.45, 7) is 6.70. The maximum Gasteiger partial charge on any atom is 0.338 e. The van der Waals surface area contributed by atoms with Crippen LogP contribution in [0.15, 0.2) is 33.9 Å². The molecular weight excluding hydrogens is 388 g/mol. The molecule has 0 saturated carbocycles. The van der Waals surface area contributed by atoms with Crippen LogP contribution in [0.3, 0.4) is 0 Å². The Hall–Kier alpha value is -3.27. The molecule has 1 fully saturated rings. The van der Waals surface area contributed by atoms with E-state index in [9.17, 15) is 9.59 Å². The van der Waals surface area contributed by atoms with Gasteiger partial charge in [0.15, 0.2) is 5.82 Å². The van der Waals surface area contributed by atoms with Gasteiger partial charge in [-0.05, 0) is 26.3 Å². The second kappa shape index (κ2) is 8.23. The first-order valence-electron chi connectivity index (χ1n) is 9.83. The number of nitrogens with one attached hydrogen (secondary N) is 1. The number of aryl methyl sites for hydroxylation is 2. The van der Waals surface area contributed by atoms with Crippen LogP contribution in [-0.2, 0) is 9.53 Å². The smallest absolute Gasteiger partial charge is 0.338 e. The van der Waals surface area contributed by atoms with Crippen molar-refractivity contribution in [2.75, 3.05) is 26.3 Å². The number of hydrazone groups is 1. The Bertz CT molecular complexity index is 970. The molecule has 0 bridgehead atoms. The van der Waals surface area contributed by atoms with Crippen LogP contribution in [0.25, 0.3) is 0 Å². The molecule has 1 saturated heterocycles. The van der Waals surface area contributed by atoms with Crippen molar-refractivity contribution < 1.29 is 18.8 Å². The Balaban J connectivity index is 1.56. The number of aromatic nitrogens is 2. The summed E-state index contributed by atoms with van der Waals surface area (Å²) in [5.74, 6) is 0.712. The molecule has 0 radical (unpaired) electrons. The van der Waals surface area contributed by atoms with Crippen molar-refractivity contribution in [1.82, 2.24) is 25.4 Å². The minimum atomic E-state index is -0.471. The third kappa shape index (κ3) is 4.04. The van der Waals surface area contributed by atoms with E-state index < -0.39 is 12.1 Å². The van der Waals surface area contributed by atoms with Crippen LogP contribution < -0.4 is 5.32 Å². The lowest BCUT2D eigenvalue weighted by atomic mass is 10.0. The van der Waals surface area contributed by atoms with Crippen LogP contribution in [-0.4, -0.2) is 70.0 Å². The third-order valence-corrected chi connectivity index (χ3v) is 5.12. The van der Waals surface area contributed by atoms with Crippen LogP contribution in [0, 0.1) is 13.8 Å². The second-order valence-corrected chi connectivity index (χ2v) is 7.44. The summed E-state index contributed by atoms with van der Waals surface area (Å²) in [6.07, 6.45) is 0. The zero-order valence-electron chi connectivity index (χ0n) is 17.2. The highest BCUT2D eigenvalue weighted by atomic mass is 16.5. The van der Waals surface area contributed by atoms with E-state index >= 15 is 0 Å². The molecular formula is C20H24N6O4. The normalized spacial score (nSPS) is 20.3. The van der Waals surface area contributed by atoms with Crippen LogP contribution >= 0.6 is 0 Å². The molecule has 2 atom stereocenters. The number of carbonyl (C=O) groups excluding carboxylic acids is 2. The summed E-state index contributed by atoms with van der Waals surface area (Å²) in [7, 11) is 0. The Labute approximate surface area is 173 Å². The maximum atomic E-state index is 12.9. The van der Waals surface area contributed by atoms with Gasteiger partial charge in [-0.1, -0.05) is 35.0 Å². The van der Waals surface area contributed by atoms with Gasteiger partial charge in [0, 0.05) is 6.54 Å². The zero-order chi connectivity index (χ0) is 21.3. The fraction of sp³-hybridized carbons (Fsp3) is 0.450. The zero-order valence-corrected chi connectivity index (χ0v) is 17.2. The number of hydrogen-bond acceptors (Lipinski definition) is 7. The van der Waals surface area contributed by atoms with Crippen LogP contribution in [0.4, 0.5) is 4.79 Å². The highest BCUT2D eigenvalue weighted by Crippen LogP contribution is 2.22. The van der Waals surface area contributed by atoms with E-state index in [0.717, 1.165) is 11.1 Å². The van der Waals surface area contributed by atoms with Gasteiger partial charge >= 0.3 is 6.03 Å². The number of benzene rings is 1. The molecule has 30 heavy (non-hydrogen) atoms. The predicted octanol–water partition coefficient (Wildman–Crippen LogP) is 1.40. The van der Waals surface area contributed by atoms with E-state index in [-0.39, 0.29) is 25.1 Å². The number of amides is 3. The minimum Gasteiger partial charge on any atom is -0.370 e. The van der Waals surface area contributed by atoms with Gasteiger partial charge in [0.1, 0.15) is 12.6 Å². The van der Waals surface area contributed by atoms with Crippen molar-refractivity contribution in [3.8, 4) is 0 Å². The Morgan fingerprint density at radius 1 is 1.27 bits per heavy atom. The van der Waals surface area contributed by atoms with Crippen LogP contribution in [0.1, 0.15) is 35.8 Å². The first kappa shape index (κ1) is 20.0. The monoisotopic (exact) mass is 412 g/mol. The average Bonchev–Trinajstić information content (AvgIpc) is 3.36. The molecule has 0 aliphatic carbocycles. The third-order valence-electron chi connectivity index (χ3n) is 5.12. The SMILES string of the molecule is Cc1ccc(C2=NN(C(=O)NC(C)c3nc(C)no3)C[C@H]2N2CCOCC2=O)cc1. The summed E-state index contributed by atoms with van der Waals surface area (Å²) in [6, 6.07) is 6.68. The van der Waals surface area contributed by atoms with Gasteiger partial charge in [-0.15, -0.1) is 0 Å². The number of nitrogens with zero attached hydrogens (tertiary/aromatic N) is 5. The Morgan fingerprint density at radius 2 is 2.03 bits per heavy atom. The van der Waals surface area contributed by atoms with E-state index in [1.54, 1.807) is 18.7 Å². The first-order valence-corrected chi connectivity index (χ1v) is 9.83. The van der Waals surface area contributed by atoms with E-state index in [1.807, 2.05) is 31.2 Å². The lowest BCUT2D eigenvalue weighted by Crippen LogP contribution is -2.52. The average molecular weight is 412 g/mol. The summed E-state index contributed by atoms with van der Waals surface area (Å²) in [5.41, 5.74) is 2.68. The maximum absolute atomic E-state index is 12.9. The molecule has 2 aliphatic heterocycles. The quantitative estimate of drug-likeness (QED) is 0.812. The molecule has 4 rings (SSSR count). The van der Waals surface area contributed by atoms with Crippen LogP contribution in [0.2, 0.25) is 0 Å². The number of carbonyl (C=O) groups is 2. The number of rotatable bonds is 4. The minimum absolute atomic E-state index is 0.0391. The summed E-state index contributed by atoms with van der Waals surface area (Å²) < 4.78 is 10.4. The first-order chi connectivity index (χ1) is 14.4. The summed E-state index contributed by atoms with van der Waals surface area (Å²) in [4.78, 5) is 31.2. The topological polar surface area (TPSA) is 113 Å². The van der Waals surface area contributed by atoms with Crippen molar-refractivity contribution in [3.05, 3.63) is 47.1 Å². The molecule has 10 nitrogen and oxygen atoms in total. The van der Waals surface area contributed by atoms with Gasteiger partial charge in [0.2, 0.25) is 11.8 Å². The molecule has 158 valence electrons. The highest BCUT2D eigenvalue weighted by Gasteiger charge is 2.38. The Morgan fingerprint density at radius 3 is 2.70 bits per heavy atom. The van der Waals surface area contributed by atoms with Gasteiger partial charge in [0.05, 0.1) is 24.9 Å². The molecule has 0 spiro atoms. The molecule has 1 aromatic carbocycles. The lowest BCUT2D eigenvalue weighted by molar-refractivity contribution is -0.143. The molecule has 2 aromatic rings. The van der Waals surface area contributed by atoms with Crippen molar-refractivity contribution in [2.45, 2.75) is 32.9 Å². The van der Waals surface area contributed by atoms with Crippen molar-refractivity contribution in [1.29, 1.82) is 0 Å². The number of hydrogen-bond donors (Lipinski definition) is 1. The predicted molar refractivity (Wildman–Crippen MR) is 107 cm³/mol. The van der Waals surface area contributed by atoms with Crippen molar-refractivity contribution in [3.63, 3.8) is 0 Å². The number of ether oxygens (including phenoxy) is 1. The largest absolute Gasteiger partial charge is 0.370 e. The van der Waals surface area contributed by atoms with Gasteiger partial charge in [-0.2, -0.15) is 10.1 Å². The van der Waals surface area contributed by atoms with Crippen molar-refractivity contribution in [2.24, 2.45) is 5.10 Å². The summed E-state index contributed by atoms with van der Waals surface area (Å²) >= 11 is 0. The van der Waals surface area contributed by atoms with Gasteiger partial charge in [-0.3, -0.25) is 4.79 Å². The standard InChI is InChI=1S/C20H24N6O4/c1-12-4-6-15(7-5-12)18-16(25-8-9-29-11-17(25)27)10-26(23-18)20(28)21-13(2)19-22-14(3)24-30-19/h4-7,13,16H,8-11H2,1-3H3,(H,21,28)/t13?,16-/m1/s1. The van der Waals surface area contributed by atoms with Crippen molar-refractivity contribution >= 4 is 17.6 Å². The van der Waals surface area contributed by atoms with E-state index in [4.69, 9.17) is 9.26 Å². The second-order valence-electron chi connectivity index (χ2n) is 7.44. The van der Waals surface area contributed by atoms with Gasteiger partial charge in [-0.25, -0.2) is 9.80 Å². The fourth-order valence-corrected chi connectivity index (χ4v) is 3.51. The van der Waals surface area contributed by atoms with Gasteiger partial charge in [0.25, 0.3) is 0 Å². The van der Waals surface area contributed by atoms with Gasteiger partial charge < -0.3 is 19.5 Å². The molecule has 1 N–H and O–H groups in total. The molecule has 3 heterocycles. The Kier molecular flexibility index (Phi) is 5.49. The molecule has 3 amide bonds. The fourth-order valence-electron chi connectivity index (χ4n) is 3.51. The molecule has 1 aromatic heterocycles. The van der Waals surface area contributed by atoms with E-state index in [2.05, 4.69) is 20.6 Å². The van der Waals surface area contributed by atoms with E-state index in [1.165, 1.54) is 5.01 Å². The molecule has 2 aliphatic rings. The van der Waals surface area contributed by atoms with Crippen LogP contribution in [0.5, 0.6) is 0 Å². The highest BCUT2D eigenvalue weighted by molar-refractivity contribution is 6.08. The lowest BCUT2D eigenvalue weighted by Gasteiger charge is -2.32. The number of morpholine rings is 1. The molecule has 10 heteroatoms. The van der Waals surface area contributed by atoms with E-state index in [0.29, 0.717) is 30.6 Å². The number of urea groups is 1.